The van der Waals surface area contributed by atoms with Crippen LogP contribution in [0, 0.1) is 0 Å². The zero-order valence-electron chi connectivity index (χ0n) is 11.1. The zero-order chi connectivity index (χ0) is 13.4. The van der Waals surface area contributed by atoms with Gasteiger partial charge in [0.05, 0.1) is 6.20 Å². The quantitative estimate of drug-likeness (QED) is 0.887. The van der Waals surface area contributed by atoms with Crippen LogP contribution in [0.1, 0.15) is 48.0 Å². The van der Waals surface area contributed by atoms with Gasteiger partial charge in [0.25, 0.3) is 0 Å². The van der Waals surface area contributed by atoms with Crippen molar-refractivity contribution in [3.05, 3.63) is 47.2 Å². The smallest absolute Gasteiger partial charge is 0.127 e. The van der Waals surface area contributed by atoms with E-state index in [0.717, 1.165) is 11.5 Å². The van der Waals surface area contributed by atoms with Crippen molar-refractivity contribution in [2.24, 2.45) is 7.05 Å². The molecule has 0 bridgehead atoms. The summed E-state index contributed by atoms with van der Waals surface area (Å²) >= 11 is 0. The summed E-state index contributed by atoms with van der Waals surface area (Å²) in [6.45, 7) is 0. The average molecular weight is 257 g/mol. The van der Waals surface area contributed by atoms with Gasteiger partial charge in [0, 0.05) is 12.6 Å². The third-order valence-corrected chi connectivity index (χ3v) is 4.14. The Bertz CT molecular complexity index is 570. The minimum absolute atomic E-state index is 0.510. The zero-order valence-corrected chi connectivity index (χ0v) is 11.1. The average Bonchev–Trinajstić information content (AvgIpc) is 2.68. The summed E-state index contributed by atoms with van der Waals surface area (Å²) in [5.41, 5.74) is 8.80. The first kappa shape index (κ1) is 12.2. The monoisotopic (exact) mass is 257 g/mol. The van der Waals surface area contributed by atoms with Gasteiger partial charge < -0.3 is 10.8 Å². The van der Waals surface area contributed by atoms with E-state index in [1.165, 1.54) is 24.8 Å². The Hall–Kier alpha value is -1.81. The summed E-state index contributed by atoms with van der Waals surface area (Å²) in [7, 11) is 1.77. The Morgan fingerprint density at radius 3 is 2.47 bits per heavy atom. The molecule has 0 radical (unpaired) electrons. The fourth-order valence-corrected chi connectivity index (χ4v) is 2.55. The van der Waals surface area contributed by atoms with E-state index in [1.54, 1.807) is 17.9 Å². The van der Waals surface area contributed by atoms with Crippen LogP contribution in [0.3, 0.4) is 0 Å². The molecule has 3 N–H and O–H groups in total. The lowest BCUT2D eigenvalue weighted by Gasteiger charge is -2.26. The lowest BCUT2D eigenvalue weighted by molar-refractivity contribution is 0.221. The lowest BCUT2D eigenvalue weighted by Crippen LogP contribution is -2.09. The highest BCUT2D eigenvalue weighted by Gasteiger charge is 2.20. The second-order valence-corrected chi connectivity index (χ2v) is 5.31. The van der Waals surface area contributed by atoms with E-state index >= 15 is 0 Å². The third kappa shape index (κ3) is 2.12. The molecule has 2 aromatic rings. The summed E-state index contributed by atoms with van der Waals surface area (Å²) in [5, 5.41) is 14.4. The maximum absolute atomic E-state index is 10.4. The molecule has 100 valence electrons. The number of anilines is 1. The van der Waals surface area contributed by atoms with E-state index in [2.05, 4.69) is 17.2 Å². The Morgan fingerprint density at radius 1 is 1.32 bits per heavy atom. The van der Waals surface area contributed by atoms with Gasteiger partial charge in [-0.1, -0.05) is 30.7 Å². The summed E-state index contributed by atoms with van der Waals surface area (Å²) in [6, 6.07) is 8.22. The van der Waals surface area contributed by atoms with Gasteiger partial charge in [-0.3, -0.25) is 4.68 Å². The van der Waals surface area contributed by atoms with Crippen molar-refractivity contribution in [3.63, 3.8) is 0 Å². The molecule has 1 unspecified atom stereocenters. The Labute approximate surface area is 112 Å². The van der Waals surface area contributed by atoms with Crippen LogP contribution in [-0.2, 0) is 7.05 Å². The van der Waals surface area contributed by atoms with E-state index in [0.29, 0.717) is 11.4 Å². The summed E-state index contributed by atoms with van der Waals surface area (Å²) in [6.07, 6.45) is 4.83. The number of rotatable bonds is 3. The molecule has 3 rings (SSSR count). The number of aryl methyl sites for hydroxylation is 1. The predicted molar refractivity (Wildman–Crippen MR) is 74.7 cm³/mol. The Balaban J connectivity index is 1.83. The van der Waals surface area contributed by atoms with Crippen molar-refractivity contribution >= 4 is 5.82 Å². The highest BCUT2D eigenvalue weighted by atomic mass is 16.3. The Kier molecular flexibility index (Phi) is 3.03. The first-order valence-corrected chi connectivity index (χ1v) is 6.72. The summed E-state index contributed by atoms with van der Waals surface area (Å²) in [5.74, 6) is 1.23. The second-order valence-electron chi connectivity index (χ2n) is 5.31. The first-order valence-electron chi connectivity index (χ1n) is 6.72. The number of aliphatic hydroxyl groups excluding tert-OH is 1. The molecule has 1 aromatic carbocycles. The second kappa shape index (κ2) is 4.70. The van der Waals surface area contributed by atoms with Crippen molar-refractivity contribution < 1.29 is 5.11 Å². The number of hydrogen-bond acceptors (Lipinski definition) is 3. The number of benzene rings is 1. The van der Waals surface area contributed by atoms with Crippen LogP contribution in [0.15, 0.2) is 30.5 Å². The van der Waals surface area contributed by atoms with E-state index in [-0.39, 0.29) is 0 Å². The highest BCUT2D eigenvalue weighted by Crippen LogP contribution is 2.37. The first-order chi connectivity index (χ1) is 9.16. The molecular weight excluding hydrogens is 238 g/mol. The SMILES string of the molecule is Cn1ncc(C(O)c2ccc(C3CCC3)cc2)c1N. The molecule has 4 nitrogen and oxygen atoms in total. The van der Waals surface area contributed by atoms with E-state index < -0.39 is 6.10 Å². The molecule has 1 fully saturated rings. The predicted octanol–water partition coefficient (Wildman–Crippen LogP) is 2.35. The van der Waals surface area contributed by atoms with Crippen LogP contribution in [0.4, 0.5) is 5.82 Å². The van der Waals surface area contributed by atoms with Gasteiger partial charge in [0.1, 0.15) is 11.9 Å². The standard InChI is InChI=1S/C15H19N3O/c1-18-15(16)13(9-17-18)14(19)12-7-5-11(6-8-12)10-3-2-4-10/h5-10,14,19H,2-4,16H2,1H3. The highest BCUT2D eigenvalue weighted by molar-refractivity contribution is 5.44. The molecule has 1 saturated carbocycles. The molecule has 1 aromatic heterocycles. The molecule has 4 heteroatoms. The van der Waals surface area contributed by atoms with Crippen molar-refractivity contribution in [3.8, 4) is 0 Å². The van der Waals surface area contributed by atoms with Crippen molar-refractivity contribution in [2.45, 2.75) is 31.3 Å². The molecule has 0 aliphatic heterocycles. The number of nitrogen functional groups attached to an aromatic ring is 1. The maximum atomic E-state index is 10.4. The van der Waals surface area contributed by atoms with Gasteiger partial charge in [0.15, 0.2) is 0 Å². The largest absolute Gasteiger partial charge is 0.384 e. The Morgan fingerprint density at radius 2 is 2.00 bits per heavy atom. The minimum Gasteiger partial charge on any atom is -0.384 e. The van der Waals surface area contributed by atoms with Gasteiger partial charge >= 0.3 is 0 Å². The molecular formula is C15H19N3O. The minimum atomic E-state index is -0.704. The molecule has 1 aliphatic carbocycles. The van der Waals surface area contributed by atoms with Crippen LogP contribution < -0.4 is 5.73 Å². The number of nitrogens with zero attached hydrogens (tertiary/aromatic N) is 2. The van der Waals surface area contributed by atoms with E-state index in [9.17, 15) is 5.11 Å². The van der Waals surface area contributed by atoms with Gasteiger partial charge in [-0.05, 0) is 29.9 Å². The molecule has 19 heavy (non-hydrogen) atoms. The number of aromatic nitrogens is 2. The van der Waals surface area contributed by atoms with Crippen molar-refractivity contribution in [1.29, 1.82) is 0 Å². The van der Waals surface area contributed by atoms with Gasteiger partial charge in [0.2, 0.25) is 0 Å². The van der Waals surface area contributed by atoms with Crippen molar-refractivity contribution in [1.82, 2.24) is 9.78 Å². The van der Waals surface area contributed by atoms with E-state index in [4.69, 9.17) is 5.73 Å². The van der Waals surface area contributed by atoms with Gasteiger partial charge in [-0.25, -0.2) is 0 Å². The fourth-order valence-electron chi connectivity index (χ4n) is 2.55. The normalized spacial score (nSPS) is 17.2. The van der Waals surface area contributed by atoms with E-state index in [1.807, 2.05) is 12.1 Å². The maximum Gasteiger partial charge on any atom is 0.127 e. The lowest BCUT2D eigenvalue weighted by atomic mass is 9.80. The fraction of sp³-hybridized carbons (Fsp3) is 0.400. The number of aliphatic hydroxyl groups is 1. The molecule has 1 atom stereocenters. The summed E-state index contributed by atoms with van der Waals surface area (Å²) in [4.78, 5) is 0. The number of nitrogens with two attached hydrogens (primary N) is 1. The molecule has 1 aliphatic rings. The van der Waals surface area contributed by atoms with Crippen molar-refractivity contribution in [2.75, 3.05) is 5.73 Å². The summed E-state index contributed by atoms with van der Waals surface area (Å²) < 4.78 is 1.57. The molecule has 0 spiro atoms. The molecule has 0 saturated heterocycles. The molecule has 1 heterocycles. The third-order valence-electron chi connectivity index (χ3n) is 4.14. The van der Waals surface area contributed by atoms with Crippen LogP contribution in [0.25, 0.3) is 0 Å². The van der Waals surface area contributed by atoms with Crippen LogP contribution in [0.2, 0.25) is 0 Å². The van der Waals surface area contributed by atoms with Crippen LogP contribution in [-0.4, -0.2) is 14.9 Å². The van der Waals surface area contributed by atoms with Gasteiger partial charge in [-0.15, -0.1) is 0 Å². The number of hydrogen-bond donors (Lipinski definition) is 2. The van der Waals surface area contributed by atoms with Crippen LogP contribution >= 0.6 is 0 Å². The van der Waals surface area contributed by atoms with Crippen LogP contribution in [0.5, 0.6) is 0 Å². The molecule has 0 amide bonds. The topological polar surface area (TPSA) is 64.1 Å². The van der Waals surface area contributed by atoms with Gasteiger partial charge in [-0.2, -0.15) is 5.10 Å².